The fourth-order valence-corrected chi connectivity index (χ4v) is 4.52. The van der Waals surface area contributed by atoms with Gasteiger partial charge in [0, 0.05) is 6.42 Å². The molecule has 0 saturated heterocycles. The summed E-state index contributed by atoms with van der Waals surface area (Å²) in [5.74, 6) is 0.593. The van der Waals surface area contributed by atoms with Gasteiger partial charge < -0.3 is 4.79 Å². The first kappa shape index (κ1) is 16.9. The highest BCUT2D eigenvalue weighted by molar-refractivity contribution is 6.90. The van der Waals surface area contributed by atoms with E-state index in [1.807, 2.05) is 0 Å². The Bertz CT molecular complexity index is 434. The van der Waals surface area contributed by atoms with Gasteiger partial charge in [-0.3, -0.25) is 0 Å². The van der Waals surface area contributed by atoms with E-state index < -0.39 is 8.07 Å². The van der Waals surface area contributed by atoms with Gasteiger partial charge in [0.2, 0.25) is 0 Å². The van der Waals surface area contributed by atoms with Crippen LogP contribution < -0.4 is 5.19 Å². The second-order valence-corrected chi connectivity index (χ2v) is 11.2. The van der Waals surface area contributed by atoms with Crippen LogP contribution >= 0.6 is 0 Å². The molecule has 1 nitrogen and oxygen atoms in total. The molecule has 0 fully saturated rings. The predicted molar refractivity (Wildman–Crippen MR) is 91.2 cm³/mol. The molecule has 0 aliphatic heterocycles. The van der Waals surface area contributed by atoms with Gasteiger partial charge in [-0.25, -0.2) is 0 Å². The Hall–Kier alpha value is -1.15. The highest BCUT2D eigenvalue weighted by Crippen LogP contribution is 2.20. The van der Waals surface area contributed by atoms with Crippen molar-refractivity contribution in [3.63, 3.8) is 0 Å². The summed E-state index contributed by atoms with van der Waals surface area (Å²) in [6.07, 6.45) is 6.29. The zero-order chi connectivity index (χ0) is 15.0. The van der Waals surface area contributed by atoms with Crippen LogP contribution in [0.1, 0.15) is 33.1 Å². The molecule has 0 radical (unpaired) electrons. The van der Waals surface area contributed by atoms with Crippen LogP contribution in [0.25, 0.3) is 0 Å². The molecule has 0 saturated carbocycles. The third-order valence-corrected chi connectivity index (χ3v) is 7.35. The number of benzene rings is 1. The van der Waals surface area contributed by atoms with Crippen molar-refractivity contribution in [2.75, 3.05) is 0 Å². The standard InChI is InChI=1S/C18H28OSi/c1-16(10-8-9-14-19)17(2)13-15-20(3,4)18-11-6-5-7-12-18/h5-7,11-14,16H,8-10,15H2,1-4H3/b17-13+. The summed E-state index contributed by atoms with van der Waals surface area (Å²) < 4.78 is 0. The van der Waals surface area contributed by atoms with Crippen LogP contribution in [0.4, 0.5) is 0 Å². The van der Waals surface area contributed by atoms with Crippen molar-refractivity contribution in [3.05, 3.63) is 42.0 Å². The van der Waals surface area contributed by atoms with Crippen molar-refractivity contribution >= 4 is 19.5 Å². The van der Waals surface area contributed by atoms with Crippen LogP contribution in [0.3, 0.4) is 0 Å². The Morgan fingerprint density at radius 1 is 1.25 bits per heavy atom. The molecule has 0 N–H and O–H groups in total. The molecule has 1 unspecified atom stereocenters. The maximum absolute atomic E-state index is 10.4. The van der Waals surface area contributed by atoms with Crippen molar-refractivity contribution in [3.8, 4) is 0 Å². The molecule has 1 aromatic carbocycles. The predicted octanol–water partition coefficient (Wildman–Crippen LogP) is 4.55. The second-order valence-electron chi connectivity index (χ2n) is 6.40. The van der Waals surface area contributed by atoms with Crippen molar-refractivity contribution in [1.82, 2.24) is 0 Å². The summed E-state index contributed by atoms with van der Waals surface area (Å²) in [7, 11) is -1.36. The molecule has 0 aliphatic carbocycles. The van der Waals surface area contributed by atoms with Crippen LogP contribution in [0.5, 0.6) is 0 Å². The number of allylic oxidation sites excluding steroid dienone is 2. The Morgan fingerprint density at radius 2 is 1.90 bits per heavy atom. The molecule has 2 heteroatoms. The van der Waals surface area contributed by atoms with E-state index >= 15 is 0 Å². The molecule has 0 spiro atoms. The summed E-state index contributed by atoms with van der Waals surface area (Å²) in [5, 5.41) is 1.53. The van der Waals surface area contributed by atoms with Crippen LogP contribution in [-0.4, -0.2) is 14.4 Å². The fraction of sp³-hybridized carbons (Fsp3) is 0.500. The minimum atomic E-state index is -1.36. The fourth-order valence-electron chi connectivity index (χ4n) is 2.36. The second kappa shape index (κ2) is 8.20. The molecule has 1 atom stereocenters. The van der Waals surface area contributed by atoms with Gasteiger partial charge >= 0.3 is 0 Å². The number of rotatable bonds is 8. The number of hydrogen-bond acceptors (Lipinski definition) is 1. The van der Waals surface area contributed by atoms with Gasteiger partial charge in [0.1, 0.15) is 6.29 Å². The van der Waals surface area contributed by atoms with Crippen molar-refractivity contribution in [1.29, 1.82) is 0 Å². The van der Waals surface area contributed by atoms with Crippen LogP contribution in [-0.2, 0) is 4.79 Å². The third kappa shape index (κ3) is 5.46. The first-order valence-corrected chi connectivity index (χ1v) is 10.8. The largest absolute Gasteiger partial charge is 0.303 e. The Morgan fingerprint density at radius 3 is 2.50 bits per heavy atom. The summed E-state index contributed by atoms with van der Waals surface area (Å²) in [4.78, 5) is 10.4. The summed E-state index contributed by atoms with van der Waals surface area (Å²) in [6, 6.07) is 12.1. The quantitative estimate of drug-likeness (QED) is 0.297. The van der Waals surface area contributed by atoms with E-state index in [-0.39, 0.29) is 0 Å². The number of carbonyl (C=O) groups excluding carboxylic acids is 1. The molecule has 0 heterocycles. The minimum Gasteiger partial charge on any atom is -0.303 e. The van der Waals surface area contributed by atoms with Crippen LogP contribution in [0, 0.1) is 5.92 Å². The SMILES string of the molecule is C/C(=C\C[Si](C)(C)c1ccccc1)C(C)CCCC=O. The normalized spacial score (nSPS) is 14.1. The zero-order valence-electron chi connectivity index (χ0n) is 13.4. The number of aldehydes is 1. The smallest absolute Gasteiger partial charge is 0.119 e. The van der Waals surface area contributed by atoms with Gasteiger partial charge in [-0.2, -0.15) is 0 Å². The molecular formula is C18H28OSi. The lowest BCUT2D eigenvalue weighted by Gasteiger charge is -2.22. The molecule has 1 aromatic rings. The topological polar surface area (TPSA) is 17.1 Å². The third-order valence-electron chi connectivity index (χ3n) is 4.23. The minimum absolute atomic E-state index is 0.593. The summed E-state index contributed by atoms with van der Waals surface area (Å²) in [5.41, 5.74) is 1.48. The van der Waals surface area contributed by atoms with Gasteiger partial charge in [0.15, 0.2) is 0 Å². The van der Waals surface area contributed by atoms with E-state index in [0.29, 0.717) is 12.3 Å². The van der Waals surface area contributed by atoms with E-state index in [0.717, 1.165) is 19.1 Å². The molecule has 0 amide bonds. The van der Waals surface area contributed by atoms with E-state index in [9.17, 15) is 4.79 Å². The van der Waals surface area contributed by atoms with E-state index in [1.54, 1.807) is 0 Å². The lowest BCUT2D eigenvalue weighted by Crippen LogP contribution is -2.40. The van der Waals surface area contributed by atoms with E-state index in [4.69, 9.17) is 0 Å². The van der Waals surface area contributed by atoms with Crippen molar-refractivity contribution in [2.24, 2.45) is 5.92 Å². The highest BCUT2D eigenvalue weighted by atomic mass is 28.3. The van der Waals surface area contributed by atoms with Gasteiger partial charge in [-0.1, -0.05) is 67.2 Å². The van der Waals surface area contributed by atoms with Gasteiger partial charge in [0.05, 0.1) is 8.07 Å². The van der Waals surface area contributed by atoms with Crippen LogP contribution in [0.2, 0.25) is 19.1 Å². The zero-order valence-corrected chi connectivity index (χ0v) is 14.4. The van der Waals surface area contributed by atoms with Crippen molar-refractivity contribution < 1.29 is 4.79 Å². The van der Waals surface area contributed by atoms with Crippen LogP contribution in [0.15, 0.2) is 42.0 Å². The number of unbranched alkanes of at least 4 members (excludes halogenated alkanes) is 1. The Balaban J connectivity index is 2.59. The van der Waals surface area contributed by atoms with Gasteiger partial charge in [-0.15, -0.1) is 0 Å². The van der Waals surface area contributed by atoms with E-state index in [1.165, 1.54) is 16.8 Å². The Labute approximate surface area is 125 Å². The van der Waals surface area contributed by atoms with Gasteiger partial charge in [-0.05, 0) is 31.7 Å². The van der Waals surface area contributed by atoms with E-state index in [2.05, 4.69) is 63.3 Å². The highest BCUT2D eigenvalue weighted by Gasteiger charge is 2.21. The maximum Gasteiger partial charge on any atom is 0.119 e. The summed E-state index contributed by atoms with van der Waals surface area (Å²) >= 11 is 0. The van der Waals surface area contributed by atoms with Gasteiger partial charge in [0.25, 0.3) is 0 Å². The first-order chi connectivity index (χ1) is 9.47. The Kier molecular flexibility index (Phi) is 6.93. The number of hydrogen-bond donors (Lipinski definition) is 0. The molecule has 20 heavy (non-hydrogen) atoms. The molecule has 1 rings (SSSR count). The molecular weight excluding hydrogens is 260 g/mol. The molecule has 0 bridgehead atoms. The average Bonchev–Trinajstić information content (AvgIpc) is 2.46. The number of carbonyl (C=O) groups is 1. The average molecular weight is 289 g/mol. The summed E-state index contributed by atoms with van der Waals surface area (Å²) in [6.45, 7) is 9.38. The van der Waals surface area contributed by atoms with Crippen molar-refractivity contribution in [2.45, 2.75) is 52.2 Å². The molecule has 110 valence electrons. The first-order valence-electron chi connectivity index (χ1n) is 7.63. The maximum atomic E-state index is 10.4. The lowest BCUT2D eigenvalue weighted by atomic mass is 9.96. The lowest BCUT2D eigenvalue weighted by molar-refractivity contribution is -0.107. The monoisotopic (exact) mass is 288 g/mol. The molecule has 0 aromatic heterocycles. The molecule has 0 aliphatic rings.